The fourth-order valence-electron chi connectivity index (χ4n) is 2.48. The lowest BCUT2D eigenvalue weighted by Gasteiger charge is -2.37. The van der Waals surface area contributed by atoms with Gasteiger partial charge < -0.3 is 15.0 Å². The average Bonchev–Trinajstić information content (AvgIpc) is 2.37. The zero-order chi connectivity index (χ0) is 13.2. The number of nitrogens with zero attached hydrogens (tertiary/aromatic N) is 1. The van der Waals surface area contributed by atoms with Crippen LogP contribution in [-0.2, 0) is 9.53 Å². The summed E-state index contributed by atoms with van der Waals surface area (Å²) in [5.74, 6) is 0.0162. The van der Waals surface area contributed by atoms with Gasteiger partial charge in [0.25, 0.3) is 0 Å². The van der Waals surface area contributed by atoms with Crippen molar-refractivity contribution in [2.75, 3.05) is 32.8 Å². The molecule has 2 aliphatic heterocycles. The third kappa shape index (κ3) is 3.11. The molecule has 1 amide bonds. The first-order chi connectivity index (χ1) is 9.24. The third-order valence-corrected chi connectivity index (χ3v) is 3.73. The molecule has 0 radical (unpaired) electrons. The van der Waals surface area contributed by atoms with Gasteiger partial charge in [-0.15, -0.1) is 12.4 Å². The number of hydrogen-bond donors (Lipinski definition) is 1. The smallest absolute Gasteiger partial charge is 0.228 e. The SMILES string of the molecule is Cl.O=C(C1CNC1)N1CCOC(c2cccc(F)c2)C1. The van der Waals surface area contributed by atoms with Gasteiger partial charge >= 0.3 is 0 Å². The van der Waals surface area contributed by atoms with Crippen LogP contribution in [0.3, 0.4) is 0 Å². The summed E-state index contributed by atoms with van der Waals surface area (Å²) < 4.78 is 18.9. The zero-order valence-corrected chi connectivity index (χ0v) is 11.9. The van der Waals surface area contributed by atoms with Gasteiger partial charge in [-0.25, -0.2) is 4.39 Å². The summed E-state index contributed by atoms with van der Waals surface area (Å²) in [5.41, 5.74) is 0.796. The molecule has 2 saturated heterocycles. The van der Waals surface area contributed by atoms with Crippen LogP contribution in [0, 0.1) is 11.7 Å². The van der Waals surface area contributed by atoms with Crippen LogP contribution in [0.25, 0.3) is 0 Å². The maximum absolute atomic E-state index is 13.2. The Labute approximate surface area is 123 Å². The predicted molar refractivity (Wildman–Crippen MR) is 75.3 cm³/mol. The molecule has 1 unspecified atom stereocenters. The molecule has 2 aliphatic rings. The van der Waals surface area contributed by atoms with Crippen LogP contribution in [0.2, 0.25) is 0 Å². The van der Waals surface area contributed by atoms with Crippen LogP contribution >= 0.6 is 12.4 Å². The van der Waals surface area contributed by atoms with Crippen LogP contribution in [0.15, 0.2) is 24.3 Å². The Morgan fingerprint density at radius 3 is 2.85 bits per heavy atom. The van der Waals surface area contributed by atoms with Gasteiger partial charge in [0.2, 0.25) is 5.91 Å². The number of halogens is 2. The molecule has 1 aromatic rings. The lowest BCUT2D eigenvalue weighted by molar-refractivity contribution is -0.144. The van der Waals surface area contributed by atoms with Crippen molar-refractivity contribution >= 4 is 18.3 Å². The second-order valence-corrected chi connectivity index (χ2v) is 5.05. The standard InChI is InChI=1S/C14H17FN2O2.ClH/c15-12-3-1-2-10(6-12)13-9-17(4-5-19-13)14(18)11-7-16-8-11;/h1-3,6,11,13,16H,4-5,7-9H2;1H. The van der Waals surface area contributed by atoms with E-state index in [1.807, 2.05) is 11.0 Å². The first kappa shape index (κ1) is 15.2. The second kappa shape index (κ2) is 6.52. The third-order valence-electron chi connectivity index (χ3n) is 3.73. The fourth-order valence-corrected chi connectivity index (χ4v) is 2.48. The quantitative estimate of drug-likeness (QED) is 0.897. The van der Waals surface area contributed by atoms with Crippen molar-refractivity contribution in [3.8, 4) is 0 Å². The molecule has 6 heteroatoms. The molecule has 1 N–H and O–H groups in total. The van der Waals surface area contributed by atoms with Crippen molar-refractivity contribution in [2.45, 2.75) is 6.10 Å². The van der Waals surface area contributed by atoms with Gasteiger partial charge in [-0.2, -0.15) is 0 Å². The van der Waals surface area contributed by atoms with E-state index in [9.17, 15) is 9.18 Å². The number of hydrogen-bond acceptors (Lipinski definition) is 3. The number of nitrogens with one attached hydrogen (secondary N) is 1. The Kier molecular flexibility index (Phi) is 4.96. The molecular weight excluding hydrogens is 283 g/mol. The second-order valence-electron chi connectivity index (χ2n) is 5.05. The average molecular weight is 301 g/mol. The summed E-state index contributed by atoms with van der Waals surface area (Å²) in [7, 11) is 0. The highest BCUT2D eigenvalue weighted by molar-refractivity contribution is 5.85. The van der Waals surface area contributed by atoms with E-state index in [4.69, 9.17) is 4.74 Å². The molecule has 0 spiro atoms. The predicted octanol–water partition coefficient (Wildman–Crippen LogP) is 1.37. The van der Waals surface area contributed by atoms with Gasteiger partial charge in [0.05, 0.1) is 19.1 Å². The van der Waals surface area contributed by atoms with Crippen LogP contribution in [-0.4, -0.2) is 43.6 Å². The fraction of sp³-hybridized carbons (Fsp3) is 0.500. The maximum Gasteiger partial charge on any atom is 0.228 e. The van der Waals surface area contributed by atoms with E-state index in [1.165, 1.54) is 12.1 Å². The minimum absolute atomic E-state index is 0. The summed E-state index contributed by atoms with van der Waals surface area (Å²) in [6, 6.07) is 6.40. The Bertz CT molecular complexity index is 482. The summed E-state index contributed by atoms with van der Waals surface area (Å²) in [5, 5.41) is 3.10. The molecule has 3 rings (SSSR count). The van der Waals surface area contributed by atoms with Crippen LogP contribution in [0.5, 0.6) is 0 Å². The largest absolute Gasteiger partial charge is 0.370 e. The molecular formula is C14H18ClFN2O2. The molecule has 2 fully saturated rings. The minimum Gasteiger partial charge on any atom is -0.370 e. The van der Waals surface area contributed by atoms with E-state index >= 15 is 0 Å². The number of benzene rings is 1. The van der Waals surface area contributed by atoms with Crippen LogP contribution in [0.4, 0.5) is 4.39 Å². The number of amides is 1. The number of ether oxygens (including phenoxy) is 1. The first-order valence-corrected chi connectivity index (χ1v) is 6.60. The maximum atomic E-state index is 13.2. The topological polar surface area (TPSA) is 41.6 Å². The van der Waals surface area contributed by atoms with Crippen molar-refractivity contribution < 1.29 is 13.9 Å². The molecule has 4 nitrogen and oxygen atoms in total. The van der Waals surface area contributed by atoms with Crippen molar-refractivity contribution in [2.24, 2.45) is 5.92 Å². The first-order valence-electron chi connectivity index (χ1n) is 6.60. The molecule has 2 heterocycles. The highest BCUT2D eigenvalue weighted by Crippen LogP contribution is 2.24. The van der Waals surface area contributed by atoms with Crippen molar-refractivity contribution in [3.05, 3.63) is 35.6 Å². The summed E-state index contributed by atoms with van der Waals surface area (Å²) in [6.45, 7) is 3.18. The number of morpholine rings is 1. The van der Waals surface area contributed by atoms with E-state index in [0.29, 0.717) is 19.7 Å². The van der Waals surface area contributed by atoms with Crippen molar-refractivity contribution in [3.63, 3.8) is 0 Å². The van der Waals surface area contributed by atoms with Crippen LogP contribution in [0.1, 0.15) is 11.7 Å². The molecule has 0 aromatic heterocycles. The monoisotopic (exact) mass is 300 g/mol. The van der Waals surface area contributed by atoms with Gasteiger partial charge in [-0.1, -0.05) is 12.1 Å². The van der Waals surface area contributed by atoms with Gasteiger partial charge in [-0.05, 0) is 17.7 Å². The number of carbonyl (C=O) groups excluding carboxylic acids is 1. The highest BCUT2D eigenvalue weighted by atomic mass is 35.5. The summed E-state index contributed by atoms with van der Waals surface area (Å²) in [4.78, 5) is 14.0. The van der Waals surface area contributed by atoms with E-state index in [0.717, 1.165) is 18.7 Å². The zero-order valence-electron chi connectivity index (χ0n) is 11.0. The number of carbonyl (C=O) groups is 1. The highest BCUT2D eigenvalue weighted by Gasteiger charge is 2.32. The Morgan fingerprint density at radius 1 is 1.40 bits per heavy atom. The molecule has 0 aliphatic carbocycles. The molecule has 0 bridgehead atoms. The summed E-state index contributed by atoms with van der Waals surface area (Å²) in [6.07, 6.45) is -0.221. The van der Waals surface area contributed by atoms with Crippen molar-refractivity contribution in [1.29, 1.82) is 0 Å². The molecule has 0 saturated carbocycles. The molecule has 20 heavy (non-hydrogen) atoms. The van der Waals surface area contributed by atoms with Gasteiger partial charge in [0.15, 0.2) is 0 Å². The Morgan fingerprint density at radius 2 is 2.20 bits per heavy atom. The van der Waals surface area contributed by atoms with Gasteiger partial charge in [0, 0.05) is 19.6 Å². The van der Waals surface area contributed by atoms with E-state index < -0.39 is 0 Å². The normalized spacial score (nSPS) is 22.9. The minimum atomic E-state index is -0.271. The molecule has 110 valence electrons. The lowest BCUT2D eigenvalue weighted by atomic mass is 10.0. The Balaban J connectivity index is 0.00000147. The van der Waals surface area contributed by atoms with Crippen molar-refractivity contribution in [1.82, 2.24) is 10.2 Å². The lowest BCUT2D eigenvalue weighted by Crippen LogP contribution is -2.54. The number of rotatable bonds is 2. The molecule has 1 atom stereocenters. The van der Waals surface area contributed by atoms with E-state index in [2.05, 4.69) is 5.32 Å². The van der Waals surface area contributed by atoms with Crippen LogP contribution < -0.4 is 5.32 Å². The Hall–Kier alpha value is -1.17. The van der Waals surface area contributed by atoms with E-state index in [1.54, 1.807) is 6.07 Å². The van der Waals surface area contributed by atoms with Gasteiger partial charge in [0.1, 0.15) is 11.9 Å². The molecule has 1 aromatic carbocycles. The van der Waals surface area contributed by atoms with Gasteiger partial charge in [-0.3, -0.25) is 4.79 Å². The summed E-state index contributed by atoms with van der Waals surface area (Å²) >= 11 is 0. The van der Waals surface area contributed by atoms with E-state index in [-0.39, 0.29) is 36.2 Å².